The number of hydrogen-bond donors (Lipinski definition) is 1. The second-order valence-corrected chi connectivity index (χ2v) is 3.84. The third-order valence-electron chi connectivity index (χ3n) is 2.38. The van der Waals surface area contributed by atoms with Crippen LogP contribution in [0.4, 0.5) is 5.69 Å². The molecular weight excluding hydrogens is 266 g/mol. The van der Waals surface area contributed by atoms with Gasteiger partial charge in [-0.3, -0.25) is 14.9 Å². The largest absolute Gasteiger partial charge is 0.502 e. The van der Waals surface area contributed by atoms with Crippen molar-refractivity contribution in [3.63, 3.8) is 0 Å². The van der Waals surface area contributed by atoms with Crippen LogP contribution in [-0.2, 0) is 14.3 Å². The second-order valence-electron chi connectivity index (χ2n) is 3.84. The molecule has 1 N–H and O–H groups in total. The van der Waals surface area contributed by atoms with Gasteiger partial charge in [-0.05, 0) is 37.6 Å². The fourth-order valence-electron chi connectivity index (χ4n) is 1.46. The minimum atomic E-state index is -0.780. The highest BCUT2D eigenvalue weighted by molar-refractivity contribution is 6.19. The lowest BCUT2D eigenvalue weighted by atomic mass is 10.1. The summed E-state index contributed by atoms with van der Waals surface area (Å²) in [5, 5.41) is 20.0. The highest BCUT2D eigenvalue weighted by atomic mass is 16.6. The molecule has 1 rings (SSSR count). The van der Waals surface area contributed by atoms with Crippen molar-refractivity contribution in [2.45, 2.75) is 13.8 Å². The lowest BCUT2D eigenvalue weighted by Crippen LogP contribution is -2.13. The Morgan fingerprint density at radius 3 is 2.55 bits per heavy atom. The minimum Gasteiger partial charge on any atom is -0.502 e. The van der Waals surface area contributed by atoms with E-state index in [2.05, 4.69) is 0 Å². The molecule has 0 amide bonds. The van der Waals surface area contributed by atoms with Gasteiger partial charge >= 0.3 is 11.7 Å². The number of nitrogens with zero attached hydrogens (tertiary/aromatic N) is 1. The van der Waals surface area contributed by atoms with Crippen molar-refractivity contribution < 1.29 is 24.4 Å². The zero-order valence-corrected chi connectivity index (χ0v) is 11.0. The van der Waals surface area contributed by atoms with E-state index in [1.54, 1.807) is 6.92 Å². The van der Waals surface area contributed by atoms with E-state index in [4.69, 9.17) is 4.74 Å². The first-order valence-electron chi connectivity index (χ1n) is 5.74. The molecule has 0 aliphatic heterocycles. The van der Waals surface area contributed by atoms with E-state index in [-0.39, 0.29) is 17.7 Å². The van der Waals surface area contributed by atoms with Crippen molar-refractivity contribution in [3.8, 4) is 5.75 Å². The van der Waals surface area contributed by atoms with Gasteiger partial charge in [0.1, 0.15) is 5.57 Å². The summed E-state index contributed by atoms with van der Waals surface area (Å²) in [6.45, 7) is 2.93. The number of carbonyl (C=O) groups is 2. The van der Waals surface area contributed by atoms with Crippen molar-refractivity contribution >= 4 is 23.5 Å². The maximum Gasteiger partial charge on any atom is 0.341 e. The van der Waals surface area contributed by atoms with Gasteiger partial charge in [-0.25, -0.2) is 4.79 Å². The number of hydrogen-bond acceptors (Lipinski definition) is 6. The molecule has 0 saturated carbocycles. The molecule has 106 valence electrons. The zero-order valence-electron chi connectivity index (χ0n) is 11.0. The molecule has 1 aromatic rings. The van der Waals surface area contributed by atoms with E-state index in [0.717, 1.165) is 12.1 Å². The molecule has 0 aliphatic carbocycles. The smallest absolute Gasteiger partial charge is 0.341 e. The van der Waals surface area contributed by atoms with Crippen LogP contribution in [0.5, 0.6) is 5.75 Å². The van der Waals surface area contributed by atoms with Crippen LogP contribution in [0.15, 0.2) is 23.8 Å². The number of aromatic hydroxyl groups is 1. The zero-order chi connectivity index (χ0) is 15.3. The van der Waals surface area contributed by atoms with E-state index >= 15 is 0 Å². The average molecular weight is 279 g/mol. The first-order chi connectivity index (χ1) is 9.36. The van der Waals surface area contributed by atoms with Crippen LogP contribution in [0, 0.1) is 10.1 Å². The molecule has 0 aliphatic rings. The van der Waals surface area contributed by atoms with E-state index in [1.807, 2.05) is 0 Å². The van der Waals surface area contributed by atoms with E-state index in [0.29, 0.717) is 0 Å². The number of ketones is 1. The number of nitro groups is 1. The van der Waals surface area contributed by atoms with Gasteiger partial charge in [-0.15, -0.1) is 0 Å². The van der Waals surface area contributed by atoms with Crippen molar-refractivity contribution in [3.05, 3.63) is 39.4 Å². The number of rotatable bonds is 5. The molecule has 20 heavy (non-hydrogen) atoms. The SMILES string of the molecule is CCOC(=O)C(=Cc1ccc([N+](=O)[O-])c(O)c1)C(C)=O. The molecule has 0 aromatic heterocycles. The fraction of sp³-hybridized carbons (Fsp3) is 0.231. The summed E-state index contributed by atoms with van der Waals surface area (Å²) < 4.78 is 4.73. The van der Waals surface area contributed by atoms with Crippen LogP contribution in [0.25, 0.3) is 6.08 Å². The molecule has 1 aromatic carbocycles. The van der Waals surface area contributed by atoms with E-state index in [9.17, 15) is 24.8 Å². The molecule has 0 spiro atoms. The number of phenolic OH excluding ortho intramolecular Hbond substituents is 1. The molecule has 7 nitrogen and oxygen atoms in total. The molecule has 0 bridgehead atoms. The van der Waals surface area contributed by atoms with Crippen molar-refractivity contribution in [2.24, 2.45) is 0 Å². The van der Waals surface area contributed by atoms with Gasteiger partial charge in [0, 0.05) is 6.07 Å². The molecule has 0 radical (unpaired) electrons. The van der Waals surface area contributed by atoms with Crippen LogP contribution >= 0.6 is 0 Å². The first kappa shape index (κ1) is 15.4. The van der Waals surface area contributed by atoms with Crippen LogP contribution in [-0.4, -0.2) is 28.4 Å². The number of esters is 1. The molecule has 0 saturated heterocycles. The third kappa shape index (κ3) is 3.64. The highest BCUT2D eigenvalue weighted by Crippen LogP contribution is 2.27. The summed E-state index contributed by atoms with van der Waals surface area (Å²) in [6.07, 6.45) is 1.21. The molecule has 0 fully saturated rings. The topological polar surface area (TPSA) is 107 Å². The number of benzene rings is 1. The van der Waals surface area contributed by atoms with Gasteiger partial charge in [-0.2, -0.15) is 0 Å². The van der Waals surface area contributed by atoms with Crippen molar-refractivity contribution in [2.75, 3.05) is 6.61 Å². The van der Waals surface area contributed by atoms with Crippen LogP contribution in [0.1, 0.15) is 19.4 Å². The first-order valence-corrected chi connectivity index (χ1v) is 5.74. The Balaban J connectivity index is 3.18. The number of nitro benzene ring substituents is 1. The Hall–Kier alpha value is -2.70. The summed E-state index contributed by atoms with van der Waals surface area (Å²) in [4.78, 5) is 32.8. The Bertz CT molecular complexity index is 591. The Kier molecular flexibility index (Phi) is 4.96. The third-order valence-corrected chi connectivity index (χ3v) is 2.38. The standard InChI is InChI=1S/C13H13NO6/c1-3-20-13(17)10(8(2)15)6-9-4-5-11(14(18)19)12(16)7-9/h4-7,16H,3H2,1-2H3. The number of Topliss-reactive ketones (excluding diaryl/α,β-unsaturated/α-hetero) is 1. The second kappa shape index (κ2) is 6.46. The van der Waals surface area contributed by atoms with Gasteiger partial charge in [-0.1, -0.05) is 0 Å². The Morgan fingerprint density at radius 1 is 1.45 bits per heavy atom. The number of carbonyl (C=O) groups excluding carboxylic acids is 2. The quantitative estimate of drug-likeness (QED) is 0.220. The van der Waals surface area contributed by atoms with Crippen LogP contribution < -0.4 is 0 Å². The lowest BCUT2D eigenvalue weighted by Gasteiger charge is -2.04. The van der Waals surface area contributed by atoms with Gasteiger partial charge in [0.05, 0.1) is 11.5 Å². The minimum absolute atomic E-state index is 0.120. The van der Waals surface area contributed by atoms with Gasteiger partial charge in [0.15, 0.2) is 11.5 Å². The maximum absolute atomic E-state index is 11.6. The van der Waals surface area contributed by atoms with E-state index < -0.39 is 28.1 Å². The van der Waals surface area contributed by atoms with E-state index in [1.165, 1.54) is 19.1 Å². The number of phenols is 1. The summed E-state index contributed by atoms with van der Waals surface area (Å²) >= 11 is 0. The fourth-order valence-corrected chi connectivity index (χ4v) is 1.46. The average Bonchev–Trinajstić information content (AvgIpc) is 2.35. The van der Waals surface area contributed by atoms with Gasteiger partial charge in [0.25, 0.3) is 0 Å². The van der Waals surface area contributed by atoms with Crippen molar-refractivity contribution in [1.29, 1.82) is 0 Å². The molecule has 7 heteroatoms. The summed E-state index contributed by atoms with van der Waals surface area (Å²) in [6, 6.07) is 3.50. The predicted molar refractivity (Wildman–Crippen MR) is 70.1 cm³/mol. The molecule has 0 atom stereocenters. The summed E-state index contributed by atoms with van der Waals surface area (Å²) in [7, 11) is 0. The lowest BCUT2D eigenvalue weighted by molar-refractivity contribution is -0.385. The monoisotopic (exact) mass is 279 g/mol. The Labute approximate surface area is 114 Å². The van der Waals surface area contributed by atoms with Crippen molar-refractivity contribution in [1.82, 2.24) is 0 Å². The van der Waals surface area contributed by atoms with Gasteiger partial charge in [0.2, 0.25) is 0 Å². The molecular formula is C13H13NO6. The highest BCUT2D eigenvalue weighted by Gasteiger charge is 2.17. The summed E-state index contributed by atoms with van der Waals surface area (Å²) in [5.74, 6) is -1.82. The predicted octanol–water partition coefficient (Wildman–Crippen LogP) is 1.84. The van der Waals surface area contributed by atoms with Gasteiger partial charge < -0.3 is 9.84 Å². The normalized spacial score (nSPS) is 11.0. The number of ether oxygens (including phenoxy) is 1. The van der Waals surface area contributed by atoms with Crippen LogP contribution in [0.3, 0.4) is 0 Å². The molecule has 0 unspecified atom stereocenters. The van der Waals surface area contributed by atoms with Crippen LogP contribution in [0.2, 0.25) is 0 Å². The maximum atomic E-state index is 11.6. The Morgan fingerprint density at radius 2 is 2.10 bits per heavy atom. The summed E-state index contributed by atoms with van der Waals surface area (Å²) in [5.41, 5.74) is -0.367. The molecule has 0 heterocycles.